The van der Waals surface area contributed by atoms with Crippen LogP contribution in [-0.2, 0) is 16.0 Å². The predicted octanol–water partition coefficient (Wildman–Crippen LogP) is 1.63. The molecule has 2 aromatic rings. The number of hydrogen-bond acceptors (Lipinski definition) is 4. The van der Waals surface area contributed by atoms with Gasteiger partial charge in [0.25, 0.3) is 5.91 Å². The highest BCUT2D eigenvalue weighted by atomic mass is 16.5. The van der Waals surface area contributed by atoms with Crippen molar-refractivity contribution in [2.75, 3.05) is 20.8 Å². The Bertz CT molecular complexity index is 1060. The normalized spacial score (nSPS) is 15.0. The third-order valence-corrected chi connectivity index (χ3v) is 5.16. The summed E-state index contributed by atoms with van der Waals surface area (Å²) in [6.07, 6.45) is 2.71. The lowest BCUT2D eigenvalue weighted by molar-refractivity contribution is -0.122. The number of aryl methyl sites for hydroxylation is 2. The van der Waals surface area contributed by atoms with Crippen molar-refractivity contribution in [2.24, 2.45) is 10.9 Å². The van der Waals surface area contributed by atoms with E-state index in [1.54, 1.807) is 26.4 Å². The summed E-state index contributed by atoms with van der Waals surface area (Å²) < 4.78 is 10.5. The summed E-state index contributed by atoms with van der Waals surface area (Å²) in [5, 5.41) is 4.59. The number of fused-ring (bicyclic) bond motifs is 1. The zero-order valence-corrected chi connectivity index (χ0v) is 17.2. The average molecular weight is 394 g/mol. The van der Waals surface area contributed by atoms with E-state index in [0.29, 0.717) is 24.5 Å². The zero-order valence-electron chi connectivity index (χ0n) is 17.2. The molecule has 1 unspecified atom stereocenters. The minimum absolute atomic E-state index is 0.107. The summed E-state index contributed by atoms with van der Waals surface area (Å²) in [6, 6.07) is 9.40. The fraction of sp³-hybridized carbons (Fsp3) is 0.348. The van der Waals surface area contributed by atoms with E-state index in [-0.39, 0.29) is 24.2 Å². The van der Waals surface area contributed by atoms with Crippen molar-refractivity contribution in [3.63, 3.8) is 0 Å². The Kier molecular flexibility index (Phi) is 6.32. The summed E-state index contributed by atoms with van der Waals surface area (Å²) in [7, 11) is 3.13. The molecule has 1 atom stereocenters. The molecule has 0 aromatic heterocycles. The molecule has 6 heteroatoms. The Balaban J connectivity index is 1.58. The van der Waals surface area contributed by atoms with E-state index in [0.717, 1.165) is 21.7 Å². The first-order chi connectivity index (χ1) is 13.9. The molecule has 0 saturated carbocycles. The Hall–Kier alpha value is -3.15. The van der Waals surface area contributed by atoms with Gasteiger partial charge in [0.15, 0.2) is 11.5 Å². The van der Waals surface area contributed by atoms with Crippen LogP contribution in [-0.4, -0.2) is 32.6 Å². The van der Waals surface area contributed by atoms with Gasteiger partial charge in [-0.15, -0.1) is 0 Å². The maximum Gasteiger partial charge on any atom is 0.253 e. The largest absolute Gasteiger partial charge is 0.493 e. The van der Waals surface area contributed by atoms with Crippen molar-refractivity contribution in [3.8, 4) is 11.5 Å². The molecular formula is C23H26N2O4. The van der Waals surface area contributed by atoms with Crippen LogP contribution < -0.4 is 25.4 Å². The Morgan fingerprint density at radius 1 is 1.07 bits per heavy atom. The molecule has 1 heterocycles. The SMILES string of the molecule is COc1ccc(CC(=O)NCCC2C=c3cc(C)c(C)cc3=NC2=O)cc1OC. The fourth-order valence-electron chi connectivity index (χ4n) is 3.36. The highest BCUT2D eigenvalue weighted by Gasteiger charge is 2.19. The van der Waals surface area contributed by atoms with Crippen LogP contribution in [0.15, 0.2) is 35.3 Å². The van der Waals surface area contributed by atoms with E-state index in [1.807, 2.05) is 32.1 Å². The maximum atomic E-state index is 12.3. The predicted molar refractivity (Wildman–Crippen MR) is 111 cm³/mol. The molecule has 2 aromatic carbocycles. The van der Waals surface area contributed by atoms with Crippen molar-refractivity contribution in [1.29, 1.82) is 0 Å². The number of ether oxygens (including phenoxy) is 2. The maximum absolute atomic E-state index is 12.3. The van der Waals surface area contributed by atoms with Crippen molar-refractivity contribution in [1.82, 2.24) is 5.32 Å². The minimum Gasteiger partial charge on any atom is -0.493 e. The van der Waals surface area contributed by atoms with Crippen molar-refractivity contribution in [2.45, 2.75) is 26.7 Å². The third kappa shape index (κ3) is 4.83. The van der Waals surface area contributed by atoms with Gasteiger partial charge in [-0.1, -0.05) is 12.1 Å². The smallest absolute Gasteiger partial charge is 0.253 e. The molecule has 2 amide bonds. The van der Waals surface area contributed by atoms with Gasteiger partial charge in [-0.25, -0.2) is 4.99 Å². The Morgan fingerprint density at radius 3 is 2.52 bits per heavy atom. The summed E-state index contributed by atoms with van der Waals surface area (Å²) in [4.78, 5) is 28.8. The number of carbonyl (C=O) groups is 2. The molecule has 0 saturated heterocycles. The summed E-state index contributed by atoms with van der Waals surface area (Å²) >= 11 is 0. The lowest BCUT2D eigenvalue weighted by Crippen LogP contribution is -2.36. The molecule has 1 N–H and O–H groups in total. The summed E-state index contributed by atoms with van der Waals surface area (Å²) in [6.45, 7) is 4.47. The highest BCUT2D eigenvalue weighted by molar-refractivity contribution is 5.86. The standard InChI is InChI=1S/C23H26N2O4/c1-14-9-18-13-17(23(27)25-19(18)10-15(14)2)7-8-24-22(26)12-16-5-6-20(28-3)21(11-16)29-4/h5-6,9-11,13,17H,7-8,12H2,1-4H3,(H,24,26). The molecule has 1 aliphatic heterocycles. The number of nitrogens with one attached hydrogen (secondary N) is 1. The first-order valence-corrected chi connectivity index (χ1v) is 9.60. The van der Waals surface area contributed by atoms with Gasteiger partial charge in [0.1, 0.15) is 0 Å². The van der Waals surface area contributed by atoms with Crippen molar-refractivity contribution < 1.29 is 19.1 Å². The van der Waals surface area contributed by atoms with Crippen LogP contribution in [0.4, 0.5) is 0 Å². The van der Waals surface area contributed by atoms with Crippen molar-refractivity contribution in [3.05, 3.63) is 57.6 Å². The fourth-order valence-corrected chi connectivity index (χ4v) is 3.36. The van der Waals surface area contributed by atoms with Crippen LogP contribution in [0.2, 0.25) is 0 Å². The molecule has 152 valence electrons. The number of methoxy groups -OCH3 is 2. The first kappa shape index (κ1) is 20.6. The topological polar surface area (TPSA) is 77.0 Å². The van der Waals surface area contributed by atoms with Crippen LogP contribution in [0.1, 0.15) is 23.1 Å². The minimum atomic E-state index is -0.314. The number of hydrogen-bond donors (Lipinski definition) is 1. The second-order valence-corrected chi connectivity index (χ2v) is 7.22. The number of nitrogens with zero attached hydrogens (tertiary/aromatic N) is 1. The van der Waals surface area contributed by atoms with Crippen LogP contribution in [0.25, 0.3) is 6.08 Å². The van der Waals surface area contributed by atoms with E-state index in [1.165, 1.54) is 5.56 Å². The van der Waals surface area contributed by atoms with E-state index in [9.17, 15) is 9.59 Å². The molecule has 0 aliphatic carbocycles. The zero-order chi connectivity index (χ0) is 21.0. The van der Waals surface area contributed by atoms with Gasteiger partial charge in [0.05, 0.1) is 31.9 Å². The molecule has 0 radical (unpaired) electrons. The number of amides is 2. The summed E-state index contributed by atoms with van der Waals surface area (Å²) in [5.41, 5.74) is 3.12. The van der Waals surface area contributed by atoms with Crippen LogP contribution in [0.5, 0.6) is 11.5 Å². The van der Waals surface area contributed by atoms with Crippen LogP contribution >= 0.6 is 0 Å². The summed E-state index contributed by atoms with van der Waals surface area (Å²) in [5.74, 6) is 0.633. The molecule has 6 nitrogen and oxygen atoms in total. The Labute approximate surface area is 170 Å². The van der Waals surface area contributed by atoms with Gasteiger partial charge in [-0.2, -0.15) is 0 Å². The monoisotopic (exact) mass is 394 g/mol. The molecule has 1 aliphatic rings. The quantitative estimate of drug-likeness (QED) is 0.774. The second kappa shape index (κ2) is 8.90. The second-order valence-electron chi connectivity index (χ2n) is 7.22. The molecule has 0 fully saturated rings. The van der Waals surface area contributed by atoms with E-state index < -0.39 is 0 Å². The van der Waals surface area contributed by atoms with Gasteiger partial charge >= 0.3 is 0 Å². The lowest BCUT2D eigenvalue weighted by atomic mass is 9.98. The van der Waals surface area contributed by atoms with Crippen LogP contribution in [0, 0.1) is 19.8 Å². The highest BCUT2D eigenvalue weighted by Crippen LogP contribution is 2.27. The number of carbonyl (C=O) groups excluding carboxylic acids is 2. The third-order valence-electron chi connectivity index (χ3n) is 5.16. The van der Waals surface area contributed by atoms with Crippen LogP contribution in [0.3, 0.4) is 0 Å². The van der Waals surface area contributed by atoms with E-state index in [4.69, 9.17) is 9.47 Å². The van der Waals surface area contributed by atoms with Gasteiger partial charge in [-0.05, 0) is 66.4 Å². The molecule has 3 rings (SSSR count). The average Bonchev–Trinajstić information content (AvgIpc) is 2.69. The lowest BCUT2D eigenvalue weighted by Gasteiger charge is -2.14. The van der Waals surface area contributed by atoms with E-state index in [2.05, 4.69) is 16.4 Å². The number of benzene rings is 2. The number of rotatable bonds is 7. The molecule has 29 heavy (non-hydrogen) atoms. The first-order valence-electron chi connectivity index (χ1n) is 9.60. The molecule has 0 bridgehead atoms. The Morgan fingerprint density at radius 2 is 1.79 bits per heavy atom. The van der Waals surface area contributed by atoms with Crippen molar-refractivity contribution >= 4 is 17.9 Å². The van der Waals surface area contributed by atoms with E-state index >= 15 is 0 Å². The van der Waals surface area contributed by atoms with Gasteiger partial charge in [0, 0.05) is 6.54 Å². The van der Waals surface area contributed by atoms with Gasteiger partial charge in [-0.3, -0.25) is 9.59 Å². The van der Waals surface area contributed by atoms with Gasteiger partial charge in [0.2, 0.25) is 5.91 Å². The molecule has 0 spiro atoms. The van der Waals surface area contributed by atoms with Gasteiger partial charge < -0.3 is 14.8 Å². The molecular weight excluding hydrogens is 368 g/mol.